The van der Waals surface area contributed by atoms with Crippen LogP contribution in [0.1, 0.15) is 284 Å². The van der Waals surface area contributed by atoms with E-state index in [0.717, 1.165) is 38.5 Å². The lowest BCUT2D eigenvalue weighted by molar-refractivity contribution is -0.143. The van der Waals surface area contributed by atoms with E-state index in [9.17, 15) is 19.8 Å². The van der Waals surface area contributed by atoms with E-state index in [1.54, 1.807) is 6.08 Å². The van der Waals surface area contributed by atoms with Crippen LogP contribution in [-0.4, -0.2) is 47.4 Å². The Morgan fingerprint density at radius 2 is 0.793 bits per heavy atom. The van der Waals surface area contributed by atoms with E-state index in [4.69, 9.17) is 4.74 Å². The molecule has 0 bridgehead atoms. The second-order valence-electron chi connectivity index (χ2n) is 17.9. The molecule has 58 heavy (non-hydrogen) atoms. The van der Waals surface area contributed by atoms with Crippen molar-refractivity contribution in [2.24, 2.45) is 0 Å². The first kappa shape index (κ1) is 56.6. The van der Waals surface area contributed by atoms with Gasteiger partial charge in [0.15, 0.2) is 0 Å². The van der Waals surface area contributed by atoms with Crippen molar-refractivity contribution >= 4 is 11.9 Å². The average molecular weight is 820 g/mol. The summed E-state index contributed by atoms with van der Waals surface area (Å²) in [7, 11) is 0. The van der Waals surface area contributed by atoms with Crippen molar-refractivity contribution in [1.29, 1.82) is 0 Å². The van der Waals surface area contributed by atoms with Crippen LogP contribution < -0.4 is 5.32 Å². The number of hydrogen-bond donors (Lipinski definition) is 3. The predicted molar refractivity (Wildman–Crippen MR) is 250 cm³/mol. The Balaban J connectivity index is 3.37. The molecule has 0 aliphatic rings. The number of allylic oxidation sites excluding steroid dienone is 1. The number of hydrogen-bond acceptors (Lipinski definition) is 5. The fourth-order valence-corrected chi connectivity index (χ4v) is 8.05. The van der Waals surface area contributed by atoms with Crippen LogP contribution in [0.4, 0.5) is 0 Å². The van der Waals surface area contributed by atoms with Crippen molar-refractivity contribution in [3.8, 4) is 0 Å². The zero-order valence-electron chi connectivity index (χ0n) is 39.0. The van der Waals surface area contributed by atoms with Gasteiger partial charge in [-0.15, -0.1) is 0 Å². The molecule has 6 heteroatoms. The minimum Gasteiger partial charge on any atom is -0.466 e. The van der Waals surface area contributed by atoms with Gasteiger partial charge in [0.1, 0.15) is 0 Å². The zero-order valence-corrected chi connectivity index (χ0v) is 39.0. The summed E-state index contributed by atoms with van der Waals surface area (Å²) in [6.45, 7) is 4.87. The molecule has 0 aliphatic carbocycles. The first-order chi connectivity index (χ1) is 28.5. The van der Waals surface area contributed by atoms with E-state index in [2.05, 4.69) is 19.2 Å². The van der Waals surface area contributed by atoms with Gasteiger partial charge in [0.2, 0.25) is 5.91 Å². The van der Waals surface area contributed by atoms with E-state index in [0.29, 0.717) is 19.4 Å². The largest absolute Gasteiger partial charge is 0.466 e. The van der Waals surface area contributed by atoms with E-state index in [-0.39, 0.29) is 18.5 Å². The first-order valence-corrected chi connectivity index (χ1v) is 26.0. The highest BCUT2D eigenvalue weighted by molar-refractivity contribution is 5.76. The lowest BCUT2D eigenvalue weighted by Gasteiger charge is -2.20. The number of carbonyl (C=O) groups is 2. The molecular weight excluding hydrogens is 719 g/mol. The van der Waals surface area contributed by atoms with Crippen molar-refractivity contribution in [1.82, 2.24) is 5.32 Å². The number of carbonyl (C=O) groups excluding carboxylic acids is 2. The van der Waals surface area contributed by atoms with Crippen LogP contribution in [0.2, 0.25) is 0 Å². The van der Waals surface area contributed by atoms with Gasteiger partial charge < -0.3 is 20.3 Å². The predicted octanol–water partition coefficient (Wildman–Crippen LogP) is 15.3. The fourth-order valence-electron chi connectivity index (χ4n) is 8.05. The summed E-state index contributed by atoms with van der Waals surface area (Å²) in [6, 6.07) is -0.625. The van der Waals surface area contributed by atoms with Gasteiger partial charge in [-0.05, 0) is 32.1 Å². The number of amides is 1. The topological polar surface area (TPSA) is 95.9 Å². The molecular formula is C52H101NO5. The molecule has 3 N–H and O–H groups in total. The highest BCUT2D eigenvalue weighted by Crippen LogP contribution is 2.17. The monoisotopic (exact) mass is 820 g/mol. The summed E-state index contributed by atoms with van der Waals surface area (Å²) >= 11 is 0. The molecule has 0 rings (SSSR count). The molecule has 0 radical (unpaired) electrons. The van der Waals surface area contributed by atoms with Crippen molar-refractivity contribution in [2.75, 3.05) is 13.2 Å². The van der Waals surface area contributed by atoms with Gasteiger partial charge in [-0.2, -0.15) is 0 Å². The highest BCUT2D eigenvalue weighted by Gasteiger charge is 2.18. The summed E-state index contributed by atoms with van der Waals surface area (Å²) in [5, 5.41) is 22.9. The third-order valence-corrected chi connectivity index (χ3v) is 12.1. The van der Waals surface area contributed by atoms with E-state index >= 15 is 0 Å². The molecule has 0 aromatic rings. The SMILES string of the molecule is CCCCCCCCC/C=C/C(O)C(CO)NC(=O)CCCCCCCCCCCCCCCCCCCCCCCOC(=O)CCCCCCCCCCCCC. The maximum Gasteiger partial charge on any atom is 0.305 e. The Labute approximate surface area is 361 Å². The lowest BCUT2D eigenvalue weighted by atomic mass is 10.0. The van der Waals surface area contributed by atoms with Gasteiger partial charge in [0.05, 0.1) is 25.4 Å². The third-order valence-electron chi connectivity index (χ3n) is 12.1. The Hall–Kier alpha value is -1.40. The molecule has 0 aromatic carbocycles. The van der Waals surface area contributed by atoms with Crippen LogP contribution in [-0.2, 0) is 14.3 Å². The van der Waals surface area contributed by atoms with Gasteiger partial charge in [-0.3, -0.25) is 9.59 Å². The van der Waals surface area contributed by atoms with Gasteiger partial charge in [0.25, 0.3) is 0 Å². The number of esters is 1. The maximum atomic E-state index is 12.4. The normalized spacial score (nSPS) is 12.7. The van der Waals surface area contributed by atoms with Crippen LogP contribution in [0.5, 0.6) is 0 Å². The van der Waals surface area contributed by atoms with Crippen molar-refractivity contribution < 1.29 is 24.5 Å². The number of nitrogens with one attached hydrogen (secondary N) is 1. The third kappa shape index (κ3) is 44.2. The fraction of sp³-hybridized carbons (Fsp3) is 0.923. The summed E-state index contributed by atoms with van der Waals surface area (Å²) < 4.78 is 5.46. The molecule has 0 aliphatic heterocycles. The van der Waals surface area contributed by atoms with Crippen LogP contribution in [0, 0.1) is 0 Å². The lowest BCUT2D eigenvalue weighted by Crippen LogP contribution is -2.45. The summed E-state index contributed by atoms with van der Waals surface area (Å²) in [6.07, 6.45) is 55.1. The van der Waals surface area contributed by atoms with Crippen molar-refractivity contribution in [2.45, 2.75) is 296 Å². The van der Waals surface area contributed by atoms with Gasteiger partial charge in [-0.1, -0.05) is 251 Å². The van der Waals surface area contributed by atoms with Gasteiger partial charge >= 0.3 is 5.97 Å². The summed E-state index contributed by atoms with van der Waals surface area (Å²) in [4.78, 5) is 24.3. The van der Waals surface area contributed by atoms with Crippen LogP contribution in [0.15, 0.2) is 12.2 Å². The molecule has 0 fully saturated rings. The molecule has 2 unspecified atom stereocenters. The van der Waals surface area contributed by atoms with Crippen LogP contribution in [0.3, 0.4) is 0 Å². The van der Waals surface area contributed by atoms with E-state index < -0.39 is 12.1 Å². The molecule has 2 atom stereocenters. The Kier molecular flexibility index (Phi) is 47.1. The number of aliphatic hydroxyl groups excluding tert-OH is 2. The smallest absolute Gasteiger partial charge is 0.305 e. The van der Waals surface area contributed by atoms with E-state index in [1.165, 1.54) is 218 Å². The average Bonchev–Trinajstić information content (AvgIpc) is 3.22. The molecule has 0 heterocycles. The molecule has 344 valence electrons. The Morgan fingerprint density at radius 3 is 1.17 bits per heavy atom. The summed E-state index contributed by atoms with van der Waals surface area (Å²) in [5.74, 6) is -0.0604. The number of ether oxygens (including phenoxy) is 1. The highest BCUT2D eigenvalue weighted by atomic mass is 16.5. The Bertz CT molecular complexity index is 863. The second-order valence-corrected chi connectivity index (χ2v) is 17.9. The number of unbranched alkanes of at least 4 members (excludes halogenated alkanes) is 37. The van der Waals surface area contributed by atoms with Crippen LogP contribution in [0.25, 0.3) is 0 Å². The van der Waals surface area contributed by atoms with Crippen molar-refractivity contribution in [3.63, 3.8) is 0 Å². The number of rotatable bonds is 48. The second kappa shape index (κ2) is 48.3. The molecule has 0 aromatic heterocycles. The Morgan fingerprint density at radius 1 is 0.466 bits per heavy atom. The van der Waals surface area contributed by atoms with E-state index in [1.807, 2.05) is 6.08 Å². The quantitative estimate of drug-likeness (QED) is 0.0323. The number of aliphatic hydroxyl groups is 2. The molecule has 1 amide bonds. The maximum absolute atomic E-state index is 12.4. The first-order valence-electron chi connectivity index (χ1n) is 26.0. The minimum atomic E-state index is -0.841. The molecule has 0 saturated heterocycles. The molecule has 0 saturated carbocycles. The molecule has 6 nitrogen and oxygen atoms in total. The minimum absolute atomic E-state index is 0.0108. The van der Waals surface area contributed by atoms with Gasteiger partial charge in [-0.25, -0.2) is 0 Å². The van der Waals surface area contributed by atoms with Crippen LogP contribution >= 0.6 is 0 Å². The standard InChI is InChI=1S/C52H101NO5/c1-3-5-7-9-11-13-25-30-34-38-42-46-52(57)58-47-43-39-35-31-27-24-22-20-18-16-14-15-17-19-21-23-26-29-33-37-41-45-51(56)53-49(48-54)50(55)44-40-36-32-28-12-10-8-6-4-2/h40,44,49-50,54-55H,3-39,41-43,45-48H2,1-2H3,(H,53,56)/b44-40+. The van der Waals surface area contributed by atoms with Gasteiger partial charge in [0, 0.05) is 12.8 Å². The molecule has 0 spiro atoms. The van der Waals surface area contributed by atoms with Crippen molar-refractivity contribution in [3.05, 3.63) is 12.2 Å². The summed E-state index contributed by atoms with van der Waals surface area (Å²) in [5.41, 5.74) is 0. The zero-order chi connectivity index (χ0) is 42.3.